The number of hydrogen-bond acceptors (Lipinski definition) is 6. The average molecular weight is 427 g/mol. The topological polar surface area (TPSA) is 47.5 Å². The second kappa shape index (κ2) is 7.91. The van der Waals surface area contributed by atoms with Crippen molar-refractivity contribution in [2.24, 2.45) is 0 Å². The molecule has 0 radical (unpaired) electrons. The smallest absolute Gasteiger partial charge is 0.369 e. The molecule has 154 valence electrons. The van der Waals surface area contributed by atoms with Gasteiger partial charge in [0.15, 0.2) is 0 Å². The lowest BCUT2D eigenvalue weighted by molar-refractivity contribution is -0.136. The molecule has 0 aliphatic carbocycles. The summed E-state index contributed by atoms with van der Waals surface area (Å²) in [6, 6.07) is 2.22. The normalized spacial score (nSPS) is 21.3. The zero-order chi connectivity index (χ0) is 20.5. The van der Waals surface area contributed by atoms with Crippen LogP contribution in [0.4, 0.5) is 32.0 Å². The van der Waals surface area contributed by atoms with E-state index in [0.717, 1.165) is 6.07 Å². The molecule has 1 aliphatic heterocycles. The van der Waals surface area contributed by atoms with Gasteiger partial charge in [-0.05, 0) is 19.1 Å². The number of rotatable bonds is 4. The van der Waals surface area contributed by atoms with Crippen LogP contribution in [0.3, 0.4) is 0 Å². The van der Waals surface area contributed by atoms with E-state index in [1.807, 2.05) is 0 Å². The zero-order valence-corrected chi connectivity index (χ0v) is 15.2. The fourth-order valence-electron chi connectivity index (χ4n) is 3.04. The maximum absolute atomic E-state index is 13.2. The highest BCUT2D eigenvalue weighted by molar-refractivity contribution is 7.95. The molecular weight excluding hydrogens is 412 g/mol. The second-order valence-corrected chi connectivity index (χ2v) is 7.04. The first-order valence-electron chi connectivity index (χ1n) is 8.13. The summed E-state index contributed by atoms with van der Waals surface area (Å²) < 4.78 is 86.5. The molecule has 12 heteroatoms. The molecule has 0 spiro atoms. The van der Waals surface area contributed by atoms with Crippen molar-refractivity contribution in [2.45, 2.75) is 30.8 Å². The Hall–Kier alpha value is -1.79. The minimum atomic E-state index is -4.59. The van der Waals surface area contributed by atoms with Gasteiger partial charge in [0.25, 0.3) is 0 Å². The van der Waals surface area contributed by atoms with Gasteiger partial charge in [-0.15, -0.1) is 0 Å². The van der Waals surface area contributed by atoms with Crippen molar-refractivity contribution >= 4 is 28.8 Å². The van der Waals surface area contributed by atoms with Crippen LogP contribution in [0.1, 0.15) is 12.5 Å². The molecule has 2 aromatic rings. The van der Waals surface area contributed by atoms with E-state index in [-0.39, 0.29) is 30.3 Å². The van der Waals surface area contributed by atoms with Crippen molar-refractivity contribution in [3.63, 3.8) is 0 Å². The number of benzene rings is 1. The first-order chi connectivity index (χ1) is 13.0. The summed E-state index contributed by atoms with van der Waals surface area (Å²) in [7, 11) is 0. The molecule has 1 fully saturated rings. The van der Waals surface area contributed by atoms with Gasteiger partial charge in [-0.2, -0.15) is 26.3 Å². The summed E-state index contributed by atoms with van der Waals surface area (Å²) in [5, 5.41) is 0. The molecule has 0 bridgehead atoms. The predicted octanol–water partition coefficient (Wildman–Crippen LogP) is 4.43. The lowest BCUT2D eigenvalue weighted by Crippen LogP contribution is -2.48. The van der Waals surface area contributed by atoms with Gasteiger partial charge in [-0.25, -0.2) is 0 Å². The van der Waals surface area contributed by atoms with Gasteiger partial charge in [-0.1, -0.05) is 0 Å². The summed E-state index contributed by atoms with van der Waals surface area (Å²) >= 11 is -0.613. The molecular formula is C16H15F6N3O2S. The van der Waals surface area contributed by atoms with Gasteiger partial charge >= 0.3 is 11.7 Å². The lowest BCUT2D eigenvalue weighted by Gasteiger charge is -2.38. The monoisotopic (exact) mass is 427 g/mol. The van der Waals surface area contributed by atoms with Crippen LogP contribution in [-0.4, -0.2) is 47.4 Å². The number of fused-ring (bicyclic) bond motifs is 1. The molecule has 0 N–H and O–H groups in total. The number of morpholine rings is 1. The van der Waals surface area contributed by atoms with Gasteiger partial charge < -0.3 is 13.8 Å². The molecule has 1 saturated heterocycles. The number of ether oxygens (including phenoxy) is 1. The van der Waals surface area contributed by atoms with Gasteiger partial charge in [0, 0.05) is 25.5 Å². The lowest BCUT2D eigenvalue weighted by atomic mass is 10.1. The first-order valence-corrected chi connectivity index (χ1v) is 8.87. The minimum absolute atomic E-state index is 0.0655. The molecule has 1 aliphatic rings. The van der Waals surface area contributed by atoms with E-state index in [2.05, 4.69) is 14.2 Å². The first kappa shape index (κ1) is 20.9. The molecule has 2 heterocycles. The van der Waals surface area contributed by atoms with Crippen molar-refractivity contribution in [3.8, 4) is 0 Å². The van der Waals surface area contributed by atoms with Gasteiger partial charge in [0.2, 0.25) is 0 Å². The van der Waals surface area contributed by atoms with Crippen LogP contribution in [-0.2, 0) is 15.1 Å². The van der Waals surface area contributed by atoms with Crippen LogP contribution in [0.5, 0.6) is 0 Å². The molecule has 3 rings (SSSR count). The van der Waals surface area contributed by atoms with Crippen LogP contribution < -0.4 is 4.90 Å². The molecule has 1 aromatic carbocycles. The molecule has 2 unspecified atom stereocenters. The molecule has 0 saturated carbocycles. The summed E-state index contributed by atoms with van der Waals surface area (Å²) in [5.74, 6) is 0. The van der Waals surface area contributed by atoms with E-state index in [0.29, 0.717) is 12.2 Å². The third-order valence-electron chi connectivity index (χ3n) is 3.98. The summed E-state index contributed by atoms with van der Waals surface area (Å²) in [6.07, 6.45) is -3.18. The van der Waals surface area contributed by atoms with Crippen molar-refractivity contribution in [2.75, 3.05) is 24.6 Å². The maximum atomic E-state index is 13.2. The number of anilines is 1. The standard InChI is InChI=1S/C16H15F6N3O2S/c1-9-6-25(7-10(27-9)8-26-28-16(20,21)22)12-3-2-11(15(17,18)19)13-14(12)24-5-4-23-13/h2-5,9-10H,6-8H2,1H3. The van der Waals surface area contributed by atoms with Crippen LogP contribution in [0.15, 0.2) is 24.5 Å². The Labute approximate surface area is 160 Å². The van der Waals surface area contributed by atoms with Crippen molar-refractivity contribution in [1.82, 2.24) is 9.97 Å². The molecule has 0 amide bonds. The third-order valence-corrected chi connectivity index (χ3v) is 4.43. The summed E-state index contributed by atoms with van der Waals surface area (Å²) in [5.41, 5.74) is -5.25. The molecule has 2 atom stereocenters. The van der Waals surface area contributed by atoms with Crippen LogP contribution in [0.2, 0.25) is 0 Å². The van der Waals surface area contributed by atoms with Gasteiger partial charge in [-0.3, -0.25) is 9.97 Å². The van der Waals surface area contributed by atoms with Crippen LogP contribution in [0.25, 0.3) is 11.0 Å². The Balaban J connectivity index is 1.85. The van der Waals surface area contributed by atoms with E-state index >= 15 is 0 Å². The summed E-state index contributed by atoms with van der Waals surface area (Å²) in [6.45, 7) is 1.86. The highest BCUT2D eigenvalue weighted by Gasteiger charge is 2.36. The summed E-state index contributed by atoms with van der Waals surface area (Å²) in [4.78, 5) is 9.59. The van der Waals surface area contributed by atoms with E-state index in [1.165, 1.54) is 18.5 Å². The number of halogens is 6. The number of alkyl halides is 6. The van der Waals surface area contributed by atoms with Crippen LogP contribution >= 0.6 is 12.0 Å². The fourth-order valence-corrected chi connectivity index (χ4v) is 3.39. The largest absolute Gasteiger partial charge is 0.467 e. The Morgan fingerprint density at radius 3 is 2.43 bits per heavy atom. The van der Waals surface area contributed by atoms with Crippen molar-refractivity contribution in [3.05, 3.63) is 30.1 Å². The second-order valence-electron chi connectivity index (χ2n) is 6.17. The number of nitrogens with zero attached hydrogens (tertiary/aromatic N) is 3. The Morgan fingerprint density at radius 2 is 1.79 bits per heavy atom. The van der Waals surface area contributed by atoms with Gasteiger partial charge in [0.05, 0.1) is 30.1 Å². The van der Waals surface area contributed by atoms with Crippen LogP contribution in [0, 0.1) is 0 Å². The predicted molar refractivity (Wildman–Crippen MR) is 90.7 cm³/mol. The SMILES string of the molecule is CC1CN(c2ccc(C(F)(F)F)c3nccnc23)CC(COSC(F)(F)F)O1. The Morgan fingerprint density at radius 1 is 1.11 bits per heavy atom. The maximum Gasteiger partial charge on any atom is 0.467 e. The zero-order valence-electron chi connectivity index (χ0n) is 14.4. The Kier molecular flexibility index (Phi) is 5.92. The minimum Gasteiger partial charge on any atom is -0.369 e. The molecule has 5 nitrogen and oxygen atoms in total. The number of aromatic nitrogens is 2. The highest BCUT2D eigenvalue weighted by Crippen LogP contribution is 2.37. The van der Waals surface area contributed by atoms with Crippen molar-refractivity contribution in [1.29, 1.82) is 0 Å². The van der Waals surface area contributed by atoms with Gasteiger partial charge in [0.1, 0.15) is 23.1 Å². The molecule has 28 heavy (non-hydrogen) atoms. The average Bonchev–Trinajstić information content (AvgIpc) is 2.58. The highest BCUT2D eigenvalue weighted by atomic mass is 32.2. The molecule has 1 aromatic heterocycles. The van der Waals surface area contributed by atoms with E-state index < -0.39 is 35.4 Å². The third kappa shape index (κ3) is 4.97. The van der Waals surface area contributed by atoms with E-state index in [1.54, 1.807) is 11.8 Å². The fraction of sp³-hybridized carbons (Fsp3) is 0.500. The van der Waals surface area contributed by atoms with E-state index in [9.17, 15) is 26.3 Å². The number of hydrogen-bond donors (Lipinski definition) is 0. The Bertz CT molecular complexity index is 832. The van der Waals surface area contributed by atoms with E-state index in [4.69, 9.17) is 4.74 Å². The quantitative estimate of drug-likeness (QED) is 0.532. The van der Waals surface area contributed by atoms with Crippen molar-refractivity contribution < 1.29 is 35.3 Å².